The Morgan fingerprint density at radius 2 is 1.85 bits per heavy atom. The summed E-state index contributed by atoms with van der Waals surface area (Å²) in [6.45, 7) is 15.5. The summed E-state index contributed by atoms with van der Waals surface area (Å²) in [5.41, 5.74) is 17.8. The van der Waals surface area contributed by atoms with Crippen molar-refractivity contribution in [2.75, 3.05) is 12.4 Å². The van der Waals surface area contributed by atoms with Gasteiger partial charge in [-0.25, -0.2) is 19.4 Å². The van der Waals surface area contributed by atoms with Crippen LogP contribution in [0, 0.1) is 33.6 Å². The highest BCUT2D eigenvalue weighted by Gasteiger charge is 2.40. The number of benzene rings is 1. The van der Waals surface area contributed by atoms with Crippen molar-refractivity contribution in [3.63, 3.8) is 0 Å². The highest BCUT2D eigenvalue weighted by Crippen LogP contribution is 2.36. The van der Waals surface area contributed by atoms with Gasteiger partial charge < -0.3 is 11.1 Å². The van der Waals surface area contributed by atoms with E-state index in [1.54, 1.807) is 19.3 Å². The monoisotopic (exact) mass is 535 g/mol. The third-order valence-corrected chi connectivity index (χ3v) is 6.82. The minimum Gasteiger partial charge on any atom is -0.404 e. The summed E-state index contributed by atoms with van der Waals surface area (Å²) in [5.74, 6) is 1.01. The number of aryl methyl sites for hydroxylation is 4. The van der Waals surface area contributed by atoms with Crippen molar-refractivity contribution < 1.29 is 4.39 Å². The van der Waals surface area contributed by atoms with Gasteiger partial charge in [0.05, 0.1) is 11.4 Å². The van der Waals surface area contributed by atoms with Gasteiger partial charge in [-0.1, -0.05) is 25.3 Å². The maximum atomic E-state index is 13.7. The van der Waals surface area contributed by atoms with E-state index in [2.05, 4.69) is 49.1 Å². The molecule has 1 fully saturated rings. The Morgan fingerprint density at radius 3 is 2.42 bits per heavy atom. The molecule has 0 aliphatic heterocycles. The molecule has 4 rings (SSSR count). The summed E-state index contributed by atoms with van der Waals surface area (Å²) >= 11 is 0. The van der Waals surface area contributed by atoms with Gasteiger partial charge in [0.2, 0.25) is 0 Å². The third-order valence-electron chi connectivity index (χ3n) is 6.82. The van der Waals surface area contributed by atoms with Gasteiger partial charge in [0.25, 0.3) is 0 Å². The number of alkyl halides is 1. The molecule has 0 bridgehead atoms. The van der Waals surface area contributed by atoms with E-state index in [4.69, 9.17) is 5.73 Å². The molecule has 1 saturated carbocycles. The molecule has 2 heterocycles. The number of amidine groups is 1. The Morgan fingerprint density at radius 1 is 1.15 bits per heavy atom. The molecule has 0 spiro atoms. The topological polar surface area (TPSA) is 101 Å². The highest BCUT2D eigenvalue weighted by molar-refractivity contribution is 6.12. The van der Waals surface area contributed by atoms with Gasteiger partial charge in [0.15, 0.2) is 5.84 Å². The van der Waals surface area contributed by atoms with Crippen molar-refractivity contribution in [3.05, 3.63) is 107 Å². The molecule has 0 unspecified atom stereocenters. The van der Waals surface area contributed by atoms with Gasteiger partial charge >= 0.3 is 0 Å². The molecule has 3 N–H and O–H groups in total. The Balaban J connectivity index is 1.66. The second-order valence-corrected chi connectivity index (χ2v) is 9.68. The van der Waals surface area contributed by atoms with E-state index in [1.165, 1.54) is 6.20 Å². The number of aromatic nitrogens is 3. The number of hydrogen-bond acceptors (Lipinski definition) is 6. The van der Waals surface area contributed by atoms with Gasteiger partial charge in [-0.3, -0.25) is 9.98 Å². The van der Waals surface area contributed by atoms with E-state index in [0.29, 0.717) is 34.9 Å². The number of nitrogens with two attached hydrogens (primary N) is 1. The number of nitrogens with zero attached hydrogens (tertiary/aromatic N) is 5. The van der Waals surface area contributed by atoms with Crippen molar-refractivity contribution >= 4 is 22.8 Å². The van der Waals surface area contributed by atoms with Crippen LogP contribution in [0.25, 0.3) is 16.7 Å². The standard InChI is InChI=1S/C32H34FN7/c1-8-27(24-16-26(24)33)40-32(35-7)23-11-10-18(3)29(15-23)39-28(9-2)25(17-34)30-14-22(12-13-36-30)31-19(4)37-21(6)38-20(31)5/h8,10-15,17,24,26,39H,1-2,16,34H2,3-7H3/b25-17-,35-32?,40-27?/t24-,26-/m0/s1. The van der Waals surface area contributed by atoms with Gasteiger partial charge in [-0.2, -0.15) is 0 Å². The van der Waals surface area contributed by atoms with Crippen LogP contribution in [0.4, 0.5) is 10.1 Å². The molecule has 1 aliphatic carbocycles. The number of halogens is 1. The van der Waals surface area contributed by atoms with Gasteiger partial charge in [0.1, 0.15) is 12.0 Å². The van der Waals surface area contributed by atoms with E-state index >= 15 is 0 Å². The number of nitrogens with one attached hydrogen (secondary N) is 1. The van der Waals surface area contributed by atoms with Gasteiger partial charge in [0, 0.05) is 64.8 Å². The summed E-state index contributed by atoms with van der Waals surface area (Å²) < 4.78 is 13.7. The lowest BCUT2D eigenvalue weighted by atomic mass is 10.00. The van der Waals surface area contributed by atoms with E-state index in [0.717, 1.165) is 45.2 Å². The maximum absolute atomic E-state index is 13.7. The number of aliphatic imine (C=N–C) groups is 2. The largest absolute Gasteiger partial charge is 0.404 e. The quantitative estimate of drug-likeness (QED) is 0.154. The predicted octanol–water partition coefficient (Wildman–Crippen LogP) is 6.21. The zero-order valence-electron chi connectivity index (χ0n) is 23.6. The SMILES string of the molecule is C=C=C(Nc1cc(C(=NC)N=C(C=C)[C@H]2C[C@@H]2F)ccc1C)/C(=C/N)c1cc(-c2c(C)nc(C)nc2C)ccn1. The summed E-state index contributed by atoms with van der Waals surface area (Å²) in [4.78, 5) is 22.6. The number of allylic oxidation sites excluding steroid dienone is 2. The maximum Gasteiger partial charge on any atom is 0.154 e. The van der Waals surface area contributed by atoms with Crippen molar-refractivity contribution in [2.45, 2.75) is 40.3 Å². The molecule has 3 aromatic rings. The molecule has 7 nitrogen and oxygen atoms in total. The van der Waals surface area contributed by atoms with E-state index in [-0.39, 0.29) is 5.92 Å². The Bertz CT molecular complexity index is 1590. The fourth-order valence-corrected chi connectivity index (χ4v) is 4.69. The summed E-state index contributed by atoms with van der Waals surface area (Å²) in [5, 5.41) is 3.41. The van der Waals surface area contributed by atoms with Crippen molar-refractivity contribution in [1.82, 2.24) is 15.0 Å². The molecule has 0 radical (unpaired) electrons. The smallest absolute Gasteiger partial charge is 0.154 e. The molecule has 0 saturated heterocycles. The Hall–Kier alpha value is -4.68. The minimum atomic E-state index is -0.870. The Labute approximate surface area is 234 Å². The lowest BCUT2D eigenvalue weighted by Crippen LogP contribution is -2.09. The van der Waals surface area contributed by atoms with Crippen molar-refractivity contribution in [3.8, 4) is 11.1 Å². The van der Waals surface area contributed by atoms with Crippen LogP contribution in [0.1, 0.15) is 40.5 Å². The molecule has 2 aromatic heterocycles. The van der Waals surface area contributed by atoms with E-state index in [9.17, 15) is 4.39 Å². The fourth-order valence-electron chi connectivity index (χ4n) is 4.69. The normalized spacial score (nSPS) is 17.3. The lowest BCUT2D eigenvalue weighted by molar-refractivity contribution is 0.468. The third kappa shape index (κ3) is 5.98. The number of pyridine rings is 1. The zero-order valence-corrected chi connectivity index (χ0v) is 23.6. The number of anilines is 1. The first-order chi connectivity index (χ1) is 19.2. The molecule has 204 valence electrons. The highest BCUT2D eigenvalue weighted by atomic mass is 19.1. The molecule has 2 atom stereocenters. The molecule has 8 heteroatoms. The lowest BCUT2D eigenvalue weighted by Gasteiger charge is -2.16. The average Bonchev–Trinajstić information content (AvgIpc) is 3.66. The first kappa shape index (κ1) is 28.3. The van der Waals surface area contributed by atoms with Crippen LogP contribution in [0.15, 0.2) is 83.4 Å². The molecule has 40 heavy (non-hydrogen) atoms. The number of rotatable bonds is 8. The Kier molecular flexibility index (Phi) is 8.51. The van der Waals surface area contributed by atoms with E-state index < -0.39 is 6.17 Å². The minimum absolute atomic E-state index is 0.216. The summed E-state index contributed by atoms with van der Waals surface area (Å²) in [6.07, 6.45) is 4.42. The van der Waals surface area contributed by atoms with Crippen LogP contribution < -0.4 is 11.1 Å². The summed E-state index contributed by atoms with van der Waals surface area (Å²) in [7, 11) is 1.66. The van der Waals surface area contributed by atoms with Crippen LogP contribution in [0.2, 0.25) is 0 Å². The first-order valence-electron chi connectivity index (χ1n) is 13.0. The number of hydrogen-bond donors (Lipinski definition) is 2. The van der Waals surface area contributed by atoms with E-state index in [1.807, 2.05) is 58.0 Å². The van der Waals surface area contributed by atoms with Crippen LogP contribution in [-0.2, 0) is 0 Å². The first-order valence-corrected chi connectivity index (χ1v) is 13.0. The van der Waals surface area contributed by atoms with Gasteiger partial charge in [-0.05, 0) is 69.5 Å². The molecule has 0 amide bonds. The van der Waals surface area contributed by atoms with Crippen LogP contribution in [0.5, 0.6) is 0 Å². The van der Waals surface area contributed by atoms with Crippen molar-refractivity contribution in [1.29, 1.82) is 0 Å². The second kappa shape index (κ2) is 12.0. The average molecular weight is 536 g/mol. The molecular weight excluding hydrogens is 501 g/mol. The van der Waals surface area contributed by atoms with Gasteiger partial charge in [-0.15, -0.1) is 5.73 Å². The van der Waals surface area contributed by atoms with Crippen LogP contribution in [0.3, 0.4) is 0 Å². The molecular formula is C32H34FN7. The second-order valence-electron chi connectivity index (χ2n) is 9.68. The van der Waals surface area contributed by atoms with Crippen molar-refractivity contribution in [2.24, 2.45) is 21.6 Å². The summed E-state index contributed by atoms with van der Waals surface area (Å²) in [6, 6.07) is 9.73. The fraction of sp³-hybridized carbons (Fsp3) is 0.250. The molecule has 1 aromatic carbocycles. The molecule has 1 aliphatic rings. The van der Waals surface area contributed by atoms with Crippen LogP contribution in [-0.4, -0.2) is 39.7 Å². The van der Waals surface area contributed by atoms with Crippen LogP contribution >= 0.6 is 0 Å². The zero-order chi connectivity index (χ0) is 29.0. The predicted molar refractivity (Wildman–Crippen MR) is 162 cm³/mol.